The Bertz CT molecular complexity index is 762. The van der Waals surface area contributed by atoms with Gasteiger partial charge in [-0.1, -0.05) is 25.4 Å². The van der Waals surface area contributed by atoms with E-state index in [1.54, 1.807) is 6.20 Å². The Kier molecular flexibility index (Phi) is 3.55. The minimum absolute atomic E-state index is 0.340. The molecule has 0 unspecified atom stereocenters. The number of benzene rings is 1. The number of anilines is 2. The van der Waals surface area contributed by atoms with Crippen molar-refractivity contribution in [1.29, 1.82) is 0 Å². The lowest BCUT2D eigenvalue weighted by Crippen LogP contribution is -2.10. The third-order valence-electron chi connectivity index (χ3n) is 3.50. The number of halogens is 1. The van der Waals surface area contributed by atoms with E-state index in [9.17, 15) is 0 Å². The molecule has 0 spiro atoms. The number of aromatic nitrogens is 3. The number of rotatable bonds is 3. The Morgan fingerprint density at radius 3 is 2.57 bits per heavy atom. The van der Waals surface area contributed by atoms with Crippen molar-refractivity contribution in [2.24, 2.45) is 0 Å². The summed E-state index contributed by atoms with van der Waals surface area (Å²) in [5.74, 6) is 2.27. The second-order valence-electron chi connectivity index (χ2n) is 5.32. The summed E-state index contributed by atoms with van der Waals surface area (Å²) in [6, 6.07) is 7.73. The molecule has 3 aromatic rings. The van der Waals surface area contributed by atoms with Gasteiger partial charge in [-0.2, -0.15) is 0 Å². The zero-order valence-electron chi connectivity index (χ0n) is 12.3. The molecule has 108 valence electrons. The van der Waals surface area contributed by atoms with Gasteiger partial charge in [-0.25, -0.2) is 4.98 Å². The summed E-state index contributed by atoms with van der Waals surface area (Å²) in [5, 5.41) is 0.728. The van der Waals surface area contributed by atoms with E-state index in [1.165, 1.54) is 0 Å². The fraction of sp³-hybridized carbons (Fsp3) is 0.250. The lowest BCUT2D eigenvalue weighted by Gasteiger charge is -2.17. The van der Waals surface area contributed by atoms with Crippen LogP contribution in [-0.4, -0.2) is 21.4 Å². The van der Waals surface area contributed by atoms with Gasteiger partial charge in [0.1, 0.15) is 11.3 Å². The second-order valence-corrected chi connectivity index (χ2v) is 5.75. The molecule has 0 amide bonds. The maximum Gasteiger partial charge on any atom is 0.160 e. The third-order valence-corrected chi connectivity index (χ3v) is 3.75. The Balaban J connectivity index is 2.13. The largest absolute Gasteiger partial charge is 0.328 e. The van der Waals surface area contributed by atoms with Gasteiger partial charge in [-0.3, -0.25) is 9.38 Å². The number of hydrogen-bond donors (Lipinski definition) is 0. The molecule has 0 saturated carbocycles. The van der Waals surface area contributed by atoms with E-state index in [-0.39, 0.29) is 0 Å². The molecule has 0 aliphatic rings. The molecule has 2 heterocycles. The van der Waals surface area contributed by atoms with Crippen LogP contribution in [0.1, 0.15) is 25.6 Å². The first kappa shape index (κ1) is 13.9. The fourth-order valence-corrected chi connectivity index (χ4v) is 2.51. The maximum atomic E-state index is 5.95. The topological polar surface area (TPSA) is 33.4 Å². The van der Waals surface area contributed by atoms with Gasteiger partial charge >= 0.3 is 0 Å². The fourth-order valence-electron chi connectivity index (χ4n) is 2.39. The zero-order chi connectivity index (χ0) is 15.0. The van der Waals surface area contributed by atoms with Crippen LogP contribution >= 0.6 is 11.6 Å². The predicted molar refractivity (Wildman–Crippen MR) is 86.6 cm³/mol. The SMILES string of the molecule is CC(C)c1nc(N(C)c2ccc(Cl)cc2)c2cnccn12. The van der Waals surface area contributed by atoms with Crippen molar-refractivity contribution in [3.8, 4) is 0 Å². The minimum atomic E-state index is 0.340. The van der Waals surface area contributed by atoms with E-state index in [0.717, 1.165) is 27.9 Å². The average molecular weight is 301 g/mol. The molecule has 0 saturated heterocycles. The second kappa shape index (κ2) is 5.37. The van der Waals surface area contributed by atoms with Gasteiger partial charge in [0.05, 0.1) is 6.20 Å². The highest BCUT2D eigenvalue weighted by Crippen LogP contribution is 2.30. The first-order valence-corrected chi connectivity index (χ1v) is 7.27. The quantitative estimate of drug-likeness (QED) is 0.724. The number of imidazole rings is 1. The van der Waals surface area contributed by atoms with Gasteiger partial charge in [-0.05, 0) is 24.3 Å². The van der Waals surface area contributed by atoms with Crippen LogP contribution in [0.3, 0.4) is 0 Å². The van der Waals surface area contributed by atoms with Crippen molar-refractivity contribution in [3.05, 3.63) is 53.7 Å². The first-order chi connectivity index (χ1) is 10.1. The number of nitrogens with zero attached hydrogens (tertiary/aromatic N) is 4. The Labute approximate surface area is 129 Å². The highest BCUT2D eigenvalue weighted by atomic mass is 35.5. The summed E-state index contributed by atoms with van der Waals surface area (Å²) in [6.07, 6.45) is 5.59. The van der Waals surface area contributed by atoms with Crippen LogP contribution < -0.4 is 4.90 Å². The van der Waals surface area contributed by atoms with Crippen molar-refractivity contribution in [3.63, 3.8) is 0 Å². The van der Waals surface area contributed by atoms with Crippen LogP contribution in [0.25, 0.3) is 5.52 Å². The Morgan fingerprint density at radius 1 is 1.19 bits per heavy atom. The summed E-state index contributed by atoms with van der Waals surface area (Å²) in [7, 11) is 2.00. The van der Waals surface area contributed by atoms with E-state index >= 15 is 0 Å². The van der Waals surface area contributed by atoms with Crippen LogP contribution in [0.5, 0.6) is 0 Å². The van der Waals surface area contributed by atoms with Crippen LogP contribution in [0.4, 0.5) is 11.5 Å². The molecule has 0 N–H and O–H groups in total. The molecule has 5 heteroatoms. The molecular formula is C16H17ClN4. The third kappa shape index (κ3) is 2.47. The highest BCUT2D eigenvalue weighted by molar-refractivity contribution is 6.30. The van der Waals surface area contributed by atoms with Gasteiger partial charge in [0.2, 0.25) is 0 Å². The molecule has 4 nitrogen and oxygen atoms in total. The monoisotopic (exact) mass is 300 g/mol. The molecule has 0 aliphatic heterocycles. The van der Waals surface area contributed by atoms with Gasteiger partial charge in [-0.15, -0.1) is 0 Å². The number of fused-ring (bicyclic) bond motifs is 1. The highest BCUT2D eigenvalue weighted by Gasteiger charge is 2.17. The van der Waals surface area contributed by atoms with E-state index < -0.39 is 0 Å². The minimum Gasteiger partial charge on any atom is -0.328 e. The zero-order valence-corrected chi connectivity index (χ0v) is 13.0. The molecule has 3 rings (SSSR count). The summed E-state index contributed by atoms with van der Waals surface area (Å²) in [5.41, 5.74) is 2.04. The summed E-state index contributed by atoms with van der Waals surface area (Å²) >= 11 is 5.95. The Morgan fingerprint density at radius 2 is 1.90 bits per heavy atom. The van der Waals surface area contributed by atoms with E-state index in [1.807, 2.05) is 43.7 Å². The van der Waals surface area contributed by atoms with Crippen molar-refractivity contribution in [2.45, 2.75) is 19.8 Å². The molecule has 0 aliphatic carbocycles. The molecule has 2 aromatic heterocycles. The maximum absolute atomic E-state index is 5.95. The standard InChI is InChI=1S/C16H17ClN4/c1-11(2)15-19-16(14-10-18-8-9-21(14)15)20(3)13-6-4-12(17)5-7-13/h4-11H,1-3H3. The molecule has 0 bridgehead atoms. The van der Waals surface area contributed by atoms with Gasteiger partial charge in [0, 0.05) is 36.1 Å². The van der Waals surface area contributed by atoms with Crippen LogP contribution in [0.15, 0.2) is 42.9 Å². The van der Waals surface area contributed by atoms with Crippen LogP contribution in [-0.2, 0) is 0 Å². The normalized spacial score (nSPS) is 11.3. The lowest BCUT2D eigenvalue weighted by atomic mass is 10.2. The van der Waals surface area contributed by atoms with Crippen molar-refractivity contribution < 1.29 is 0 Å². The summed E-state index contributed by atoms with van der Waals surface area (Å²) in [4.78, 5) is 11.1. The van der Waals surface area contributed by atoms with E-state index in [0.29, 0.717) is 5.92 Å². The average Bonchev–Trinajstić information content (AvgIpc) is 2.87. The molecular weight excluding hydrogens is 284 g/mol. The smallest absolute Gasteiger partial charge is 0.160 e. The Hall–Kier alpha value is -2.07. The molecule has 0 atom stereocenters. The van der Waals surface area contributed by atoms with Crippen LogP contribution in [0, 0.1) is 0 Å². The first-order valence-electron chi connectivity index (χ1n) is 6.89. The predicted octanol–water partition coefficient (Wildman–Crippen LogP) is 4.27. The van der Waals surface area contributed by atoms with Gasteiger partial charge < -0.3 is 4.90 Å². The molecule has 1 aromatic carbocycles. The van der Waals surface area contributed by atoms with Gasteiger partial charge in [0.15, 0.2) is 5.82 Å². The van der Waals surface area contributed by atoms with Crippen molar-refractivity contribution >= 4 is 28.6 Å². The summed E-state index contributed by atoms with van der Waals surface area (Å²) in [6.45, 7) is 4.28. The molecule has 21 heavy (non-hydrogen) atoms. The van der Waals surface area contributed by atoms with E-state index in [2.05, 4.69) is 28.1 Å². The number of hydrogen-bond acceptors (Lipinski definition) is 3. The molecule has 0 fully saturated rings. The van der Waals surface area contributed by atoms with Crippen molar-refractivity contribution in [2.75, 3.05) is 11.9 Å². The molecule has 0 radical (unpaired) electrons. The summed E-state index contributed by atoms with van der Waals surface area (Å²) < 4.78 is 2.10. The van der Waals surface area contributed by atoms with E-state index in [4.69, 9.17) is 16.6 Å². The lowest BCUT2D eigenvalue weighted by molar-refractivity contribution is 0.768. The van der Waals surface area contributed by atoms with Crippen molar-refractivity contribution in [1.82, 2.24) is 14.4 Å². The van der Waals surface area contributed by atoms with Gasteiger partial charge in [0.25, 0.3) is 0 Å². The van der Waals surface area contributed by atoms with Crippen LogP contribution in [0.2, 0.25) is 5.02 Å².